The van der Waals surface area contributed by atoms with Gasteiger partial charge in [-0.15, -0.1) is 0 Å². The van der Waals surface area contributed by atoms with E-state index in [4.69, 9.17) is 0 Å². The predicted molar refractivity (Wildman–Crippen MR) is 122 cm³/mol. The topological polar surface area (TPSA) is 104 Å². The van der Waals surface area contributed by atoms with Gasteiger partial charge in [-0.1, -0.05) is 25.1 Å². The van der Waals surface area contributed by atoms with Crippen molar-refractivity contribution in [2.75, 3.05) is 6.61 Å². The SMILES string of the molecule is CCc1c(/C(=C(/CCO)C(=O)O)c2ccc(S(=O)(=O)NC(C)(C)C)cc2)ccc(F)c1C. The summed E-state index contributed by atoms with van der Waals surface area (Å²) >= 11 is 0. The third-order valence-electron chi connectivity index (χ3n) is 4.97. The molecule has 174 valence electrons. The van der Waals surface area contributed by atoms with Gasteiger partial charge in [0.05, 0.1) is 4.90 Å². The minimum absolute atomic E-state index is 0.0309. The number of hydrogen-bond acceptors (Lipinski definition) is 4. The number of rotatable bonds is 8. The Morgan fingerprint density at radius 2 is 1.69 bits per heavy atom. The largest absolute Gasteiger partial charge is 0.478 e. The van der Waals surface area contributed by atoms with Gasteiger partial charge in [-0.25, -0.2) is 22.3 Å². The maximum Gasteiger partial charge on any atom is 0.332 e. The molecule has 0 aliphatic rings. The Kier molecular flexibility index (Phi) is 7.98. The van der Waals surface area contributed by atoms with Gasteiger partial charge in [-0.2, -0.15) is 0 Å². The van der Waals surface area contributed by atoms with Gasteiger partial charge < -0.3 is 10.2 Å². The third kappa shape index (κ3) is 5.82. The van der Waals surface area contributed by atoms with Gasteiger partial charge in [0.2, 0.25) is 10.0 Å². The van der Waals surface area contributed by atoms with Crippen LogP contribution in [0, 0.1) is 12.7 Å². The van der Waals surface area contributed by atoms with Gasteiger partial charge in [0.1, 0.15) is 5.82 Å². The molecule has 8 heteroatoms. The van der Waals surface area contributed by atoms with Crippen LogP contribution in [0.5, 0.6) is 0 Å². The zero-order valence-corrected chi connectivity index (χ0v) is 19.8. The number of hydrogen-bond donors (Lipinski definition) is 3. The molecule has 0 radical (unpaired) electrons. The summed E-state index contributed by atoms with van der Waals surface area (Å²) in [5, 5.41) is 19.3. The average molecular weight is 464 g/mol. The number of halogens is 1. The molecule has 0 spiro atoms. The van der Waals surface area contributed by atoms with Crippen molar-refractivity contribution in [2.45, 2.75) is 57.9 Å². The maximum atomic E-state index is 14.2. The minimum atomic E-state index is -3.77. The van der Waals surface area contributed by atoms with Gasteiger partial charge in [-0.3, -0.25) is 0 Å². The highest BCUT2D eigenvalue weighted by Gasteiger charge is 2.24. The molecule has 0 saturated carbocycles. The van der Waals surface area contributed by atoms with E-state index in [0.717, 1.165) is 0 Å². The van der Waals surface area contributed by atoms with Crippen molar-refractivity contribution < 1.29 is 27.8 Å². The molecule has 2 aromatic carbocycles. The molecule has 0 heterocycles. The Labute approximate surface area is 188 Å². The Morgan fingerprint density at radius 1 is 1.09 bits per heavy atom. The van der Waals surface area contributed by atoms with Crippen molar-refractivity contribution in [1.82, 2.24) is 4.72 Å². The molecule has 0 atom stereocenters. The molecule has 2 aromatic rings. The first-order valence-electron chi connectivity index (χ1n) is 10.3. The van der Waals surface area contributed by atoms with E-state index in [1.165, 1.54) is 36.4 Å². The van der Waals surface area contributed by atoms with E-state index in [9.17, 15) is 27.8 Å². The molecule has 3 N–H and O–H groups in total. The van der Waals surface area contributed by atoms with Crippen LogP contribution < -0.4 is 4.72 Å². The van der Waals surface area contributed by atoms with Crippen molar-refractivity contribution in [3.63, 3.8) is 0 Å². The smallest absolute Gasteiger partial charge is 0.332 e. The average Bonchev–Trinajstić information content (AvgIpc) is 2.68. The van der Waals surface area contributed by atoms with Gasteiger partial charge in [-0.05, 0) is 80.1 Å². The first-order chi connectivity index (χ1) is 14.8. The van der Waals surface area contributed by atoms with Crippen LogP contribution in [-0.4, -0.2) is 36.7 Å². The Morgan fingerprint density at radius 3 is 2.16 bits per heavy atom. The molecular formula is C24H30FNO5S. The van der Waals surface area contributed by atoms with Crippen LogP contribution in [-0.2, 0) is 21.2 Å². The molecule has 0 saturated heterocycles. The lowest BCUT2D eigenvalue weighted by molar-refractivity contribution is -0.132. The lowest BCUT2D eigenvalue weighted by atomic mass is 9.86. The Hall–Kier alpha value is -2.55. The molecule has 0 bridgehead atoms. The first-order valence-corrected chi connectivity index (χ1v) is 11.8. The molecule has 2 rings (SSSR count). The van der Waals surface area contributed by atoms with E-state index in [1.54, 1.807) is 27.7 Å². The van der Waals surface area contributed by atoms with Crippen molar-refractivity contribution in [1.29, 1.82) is 0 Å². The first kappa shape index (κ1) is 25.7. The fourth-order valence-corrected chi connectivity index (χ4v) is 5.04. The molecular weight excluding hydrogens is 433 g/mol. The standard InChI is InChI=1S/C24H30FNO5S/c1-6-18-15(2)21(25)12-11-19(18)22(20(13-14-27)23(28)29)16-7-9-17(10-8-16)32(30,31)26-24(3,4)5/h7-12,26-27H,6,13-14H2,1-5H3,(H,28,29)/b22-20-. The number of sulfonamides is 1. The monoisotopic (exact) mass is 463 g/mol. The van der Waals surface area contributed by atoms with Gasteiger partial charge in [0.25, 0.3) is 0 Å². The van der Waals surface area contributed by atoms with E-state index < -0.39 is 27.3 Å². The molecule has 0 fully saturated rings. The van der Waals surface area contributed by atoms with Gasteiger partial charge in [0, 0.05) is 24.1 Å². The summed E-state index contributed by atoms with van der Waals surface area (Å²) in [7, 11) is -3.77. The van der Waals surface area contributed by atoms with Gasteiger partial charge in [0.15, 0.2) is 0 Å². The van der Waals surface area contributed by atoms with Crippen molar-refractivity contribution in [2.24, 2.45) is 0 Å². The molecule has 0 aliphatic carbocycles. The number of carbonyl (C=O) groups is 1. The van der Waals surface area contributed by atoms with Crippen LogP contribution in [0.2, 0.25) is 0 Å². The quantitative estimate of drug-likeness (QED) is 0.513. The summed E-state index contributed by atoms with van der Waals surface area (Å²) in [6, 6.07) is 8.70. The molecule has 6 nitrogen and oxygen atoms in total. The molecule has 0 unspecified atom stereocenters. The van der Waals surface area contributed by atoms with E-state index in [-0.39, 0.29) is 23.5 Å². The van der Waals surface area contributed by atoms with E-state index >= 15 is 0 Å². The number of aliphatic hydroxyl groups is 1. The second kappa shape index (κ2) is 9.94. The lowest BCUT2D eigenvalue weighted by Gasteiger charge is -2.21. The summed E-state index contributed by atoms with van der Waals surface area (Å²) in [4.78, 5) is 12.1. The van der Waals surface area contributed by atoms with Crippen molar-refractivity contribution in [3.8, 4) is 0 Å². The Bertz CT molecular complexity index is 1130. The van der Waals surface area contributed by atoms with Crippen LogP contribution in [0.3, 0.4) is 0 Å². The van der Waals surface area contributed by atoms with E-state index in [1.807, 2.05) is 6.92 Å². The Balaban J connectivity index is 2.75. The summed E-state index contributed by atoms with van der Waals surface area (Å²) < 4.78 is 42.0. The number of carboxylic acids is 1. The molecule has 0 aromatic heterocycles. The molecule has 32 heavy (non-hydrogen) atoms. The summed E-state index contributed by atoms with van der Waals surface area (Å²) in [6.07, 6.45) is 0.353. The third-order valence-corrected chi connectivity index (χ3v) is 6.74. The fraction of sp³-hybridized carbons (Fsp3) is 0.375. The maximum absolute atomic E-state index is 14.2. The van der Waals surface area contributed by atoms with E-state index in [0.29, 0.717) is 34.2 Å². The second-order valence-corrected chi connectivity index (χ2v) is 10.2. The zero-order valence-electron chi connectivity index (χ0n) is 19.0. The predicted octanol–water partition coefficient (Wildman–Crippen LogP) is 4.04. The van der Waals surface area contributed by atoms with Gasteiger partial charge >= 0.3 is 5.97 Å². The number of aliphatic hydroxyl groups excluding tert-OH is 1. The summed E-state index contributed by atoms with van der Waals surface area (Å²) in [5.41, 5.74) is 1.72. The zero-order chi connectivity index (χ0) is 24.3. The highest BCUT2D eigenvalue weighted by molar-refractivity contribution is 7.89. The minimum Gasteiger partial charge on any atom is -0.478 e. The highest BCUT2D eigenvalue weighted by atomic mass is 32.2. The van der Waals surface area contributed by atoms with Crippen molar-refractivity contribution in [3.05, 3.63) is 70.0 Å². The molecule has 0 aliphatic heterocycles. The van der Waals surface area contributed by atoms with Crippen LogP contribution in [0.4, 0.5) is 4.39 Å². The normalized spacial score (nSPS) is 13.1. The number of benzene rings is 2. The summed E-state index contributed by atoms with van der Waals surface area (Å²) in [5.74, 6) is -1.59. The fourth-order valence-electron chi connectivity index (χ4n) is 3.62. The van der Waals surface area contributed by atoms with Crippen LogP contribution >= 0.6 is 0 Å². The van der Waals surface area contributed by atoms with E-state index in [2.05, 4.69) is 4.72 Å². The highest BCUT2D eigenvalue weighted by Crippen LogP contribution is 2.34. The second-order valence-electron chi connectivity index (χ2n) is 8.56. The lowest BCUT2D eigenvalue weighted by Crippen LogP contribution is -2.40. The summed E-state index contributed by atoms with van der Waals surface area (Å²) in [6.45, 7) is 8.30. The van der Waals surface area contributed by atoms with Crippen LogP contribution in [0.1, 0.15) is 56.4 Å². The van der Waals surface area contributed by atoms with Crippen LogP contribution in [0.25, 0.3) is 5.57 Å². The van der Waals surface area contributed by atoms with Crippen LogP contribution in [0.15, 0.2) is 46.9 Å². The number of nitrogens with one attached hydrogen (secondary N) is 1. The number of carboxylic acid groups (broad SMARTS) is 1. The molecule has 0 amide bonds. The number of aliphatic carboxylic acids is 1. The van der Waals surface area contributed by atoms with Crippen molar-refractivity contribution >= 4 is 21.6 Å².